The quantitative estimate of drug-likeness (QED) is 0.417. The predicted molar refractivity (Wildman–Crippen MR) is 154 cm³/mol. The van der Waals surface area contributed by atoms with E-state index >= 15 is 0 Å². The molecular weight excluding hydrogens is 530 g/mol. The average molecular weight is 562 g/mol. The lowest BCUT2D eigenvalue weighted by atomic mass is 9.80. The van der Waals surface area contributed by atoms with Crippen molar-refractivity contribution in [2.75, 3.05) is 10.6 Å². The molecule has 2 atom stereocenters. The van der Waals surface area contributed by atoms with Crippen LogP contribution in [0.25, 0.3) is 10.9 Å². The first-order chi connectivity index (χ1) is 19.2. The van der Waals surface area contributed by atoms with Gasteiger partial charge in [0.2, 0.25) is 11.8 Å². The second-order valence-electron chi connectivity index (χ2n) is 11.2. The lowest BCUT2D eigenvalue weighted by Gasteiger charge is -2.27. The number of anilines is 2. The summed E-state index contributed by atoms with van der Waals surface area (Å²) in [7, 11) is 0. The van der Waals surface area contributed by atoms with Crippen LogP contribution in [0.4, 0.5) is 11.4 Å². The van der Waals surface area contributed by atoms with Crippen LogP contribution in [0.15, 0.2) is 46.0 Å². The van der Waals surface area contributed by atoms with Crippen molar-refractivity contribution >= 4 is 45.7 Å². The van der Waals surface area contributed by atoms with Crippen LogP contribution >= 0.6 is 11.6 Å². The van der Waals surface area contributed by atoms with Gasteiger partial charge in [-0.3, -0.25) is 23.5 Å². The van der Waals surface area contributed by atoms with E-state index in [1.54, 1.807) is 41.0 Å². The molecule has 3 aromatic rings. The van der Waals surface area contributed by atoms with Crippen LogP contribution in [0.2, 0.25) is 5.02 Å². The molecule has 0 spiro atoms. The topological polar surface area (TPSA) is 126 Å². The van der Waals surface area contributed by atoms with Crippen LogP contribution in [-0.4, -0.2) is 20.9 Å². The Labute approximate surface area is 236 Å². The Hall–Kier alpha value is -3.90. The summed E-state index contributed by atoms with van der Waals surface area (Å²) in [6, 6.07) is 11.7. The number of nitriles is 1. The van der Waals surface area contributed by atoms with E-state index < -0.39 is 0 Å². The molecule has 2 saturated carbocycles. The van der Waals surface area contributed by atoms with Gasteiger partial charge in [0, 0.05) is 35.8 Å². The normalized spacial score (nSPS) is 18.9. The molecule has 40 heavy (non-hydrogen) atoms. The van der Waals surface area contributed by atoms with Gasteiger partial charge in [-0.15, -0.1) is 0 Å². The van der Waals surface area contributed by atoms with Gasteiger partial charge in [-0.05, 0) is 88.3 Å². The fourth-order valence-electron chi connectivity index (χ4n) is 5.52. The molecular formula is C30H32ClN5O4. The van der Waals surface area contributed by atoms with Gasteiger partial charge in [0.05, 0.1) is 21.5 Å². The van der Waals surface area contributed by atoms with Crippen molar-refractivity contribution < 1.29 is 9.59 Å². The summed E-state index contributed by atoms with van der Waals surface area (Å²) in [6.07, 6.45) is 4.49. The first-order valence-electron chi connectivity index (χ1n) is 13.8. The van der Waals surface area contributed by atoms with Gasteiger partial charge in [-0.1, -0.05) is 18.0 Å². The molecule has 2 N–H and O–H groups in total. The maximum Gasteiger partial charge on any atom is 0.331 e. The molecule has 1 aromatic heterocycles. The lowest BCUT2D eigenvalue weighted by Crippen LogP contribution is -2.41. The smallest absolute Gasteiger partial charge is 0.326 e. The third-order valence-electron chi connectivity index (χ3n) is 7.86. The summed E-state index contributed by atoms with van der Waals surface area (Å²) in [4.78, 5) is 52.7. The third-order valence-corrected chi connectivity index (χ3v) is 8.18. The van der Waals surface area contributed by atoms with E-state index in [9.17, 15) is 19.2 Å². The van der Waals surface area contributed by atoms with E-state index in [-0.39, 0.29) is 46.0 Å². The first kappa shape index (κ1) is 27.7. The van der Waals surface area contributed by atoms with Crippen LogP contribution in [0, 0.1) is 29.1 Å². The highest BCUT2D eigenvalue weighted by Crippen LogP contribution is 2.32. The zero-order chi connectivity index (χ0) is 28.6. The maximum absolute atomic E-state index is 13.3. The van der Waals surface area contributed by atoms with E-state index in [0.29, 0.717) is 59.6 Å². The van der Waals surface area contributed by atoms with Gasteiger partial charge in [-0.2, -0.15) is 5.26 Å². The minimum Gasteiger partial charge on any atom is -0.326 e. The number of rotatable bonds is 7. The van der Waals surface area contributed by atoms with Crippen molar-refractivity contribution in [3.05, 3.63) is 67.8 Å². The van der Waals surface area contributed by atoms with Crippen LogP contribution in [0.5, 0.6) is 0 Å². The number of aromatic nitrogens is 2. The number of carbonyl (C=O) groups is 2. The number of nitrogens with one attached hydrogen (secondary N) is 2. The average Bonchev–Trinajstić information content (AvgIpc) is 3.76. The third kappa shape index (κ3) is 5.68. The minimum absolute atomic E-state index is 0.132. The SMILES string of the molecule is CC(C)n1c(=O)n(CC2CC2)c(=O)c2cc(NC(=O)[C@H]3CCC[C@@H](C(=O)Nc4ccc(C#N)c(Cl)c4)C3)ccc21. The van der Waals surface area contributed by atoms with Crippen molar-refractivity contribution in [1.82, 2.24) is 9.13 Å². The van der Waals surface area contributed by atoms with Crippen molar-refractivity contribution in [1.29, 1.82) is 5.26 Å². The molecule has 0 saturated heterocycles. The molecule has 2 aliphatic carbocycles. The van der Waals surface area contributed by atoms with Crippen LogP contribution in [0.1, 0.15) is 64.0 Å². The highest BCUT2D eigenvalue weighted by atomic mass is 35.5. The molecule has 9 nitrogen and oxygen atoms in total. The number of fused-ring (bicyclic) bond motifs is 1. The van der Waals surface area contributed by atoms with Gasteiger partial charge in [0.15, 0.2) is 0 Å². The number of halogens is 1. The number of hydrogen-bond acceptors (Lipinski definition) is 5. The van der Waals surface area contributed by atoms with E-state index in [4.69, 9.17) is 16.9 Å². The van der Waals surface area contributed by atoms with Crippen molar-refractivity contribution in [3.8, 4) is 6.07 Å². The van der Waals surface area contributed by atoms with Gasteiger partial charge >= 0.3 is 5.69 Å². The Morgan fingerprint density at radius 1 is 1.00 bits per heavy atom. The van der Waals surface area contributed by atoms with E-state index in [1.807, 2.05) is 19.9 Å². The first-order valence-corrected chi connectivity index (χ1v) is 14.1. The number of carbonyl (C=O) groups excluding carboxylic acids is 2. The molecule has 0 bridgehead atoms. The van der Waals surface area contributed by atoms with Crippen LogP contribution in [0.3, 0.4) is 0 Å². The summed E-state index contributed by atoms with van der Waals surface area (Å²) in [6.45, 7) is 4.24. The Morgan fingerprint density at radius 2 is 1.62 bits per heavy atom. The zero-order valence-electron chi connectivity index (χ0n) is 22.6. The molecule has 2 aliphatic rings. The van der Waals surface area contributed by atoms with Crippen molar-refractivity contribution in [2.24, 2.45) is 17.8 Å². The molecule has 5 rings (SSSR count). The Bertz CT molecular complexity index is 1650. The molecule has 0 aliphatic heterocycles. The molecule has 10 heteroatoms. The fraction of sp³-hybridized carbons (Fsp3) is 0.433. The van der Waals surface area contributed by atoms with Crippen LogP contribution in [-0.2, 0) is 16.1 Å². The number of nitrogens with zero attached hydrogens (tertiary/aromatic N) is 3. The molecule has 2 aromatic carbocycles. The molecule has 0 radical (unpaired) electrons. The van der Waals surface area contributed by atoms with Gasteiger partial charge < -0.3 is 10.6 Å². The second kappa shape index (κ2) is 11.3. The molecule has 2 fully saturated rings. The molecule has 208 valence electrons. The van der Waals surface area contributed by atoms with Crippen molar-refractivity contribution in [3.63, 3.8) is 0 Å². The summed E-state index contributed by atoms with van der Waals surface area (Å²) < 4.78 is 2.97. The monoisotopic (exact) mass is 561 g/mol. The largest absolute Gasteiger partial charge is 0.331 e. The Morgan fingerprint density at radius 3 is 2.20 bits per heavy atom. The van der Waals surface area contributed by atoms with E-state index in [0.717, 1.165) is 19.3 Å². The van der Waals surface area contributed by atoms with Crippen LogP contribution < -0.4 is 21.9 Å². The summed E-state index contributed by atoms with van der Waals surface area (Å²) in [5.41, 5.74) is 1.23. The number of amides is 2. The lowest BCUT2D eigenvalue weighted by molar-refractivity contribution is -0.124. The predicted octanol–water partition coefficient (Wildman–Crippen LogP) is 5.06. The summed E-state index contributed by atoms with van der Waals surface area (Å²) in [5, 5.41) is 15.5. The maximum atomic E-state index is 13.3. The number of hydrogen-bond donors (Lipinski definition) is 2. The van der Waals surface area contributed by atoms with Crippen molar-refractivity contribution in [2.45, 2.75) is 65.0 Å². The molecule has 0 unspecified atom stereocenters. The number of benzene rings is 2. The zero-order valence-corrected chi connectivity index (χ0v) is 23.3. The second-order valence-corrected chi connectivity index (χ2v) is 11.6. The fourth-order valence-corrected chi connectivity index (χ4v) is 5.74. The van der Waals surface area contributed by atoms with E-state index in [1.165, 1.54) is 4.57 Å². The van der Waals surface area contributed by atoms with Gasteiger partial charge in [-0.25, -0.2) is 4.79 Å². The minimum atomic E-state index is -0.360. The van der Waals surface area contributed by atoms with Gasteiger partial charge in [0.1, 0.15) is 6.07 Å². The Balaban J connectivity index is 1.32. The molecule has 2 amide bonds. The summed E-state index contributed by atoms with van der Waals surface area (Å²) in [5.74, 6) is -0.733. The standard InChI is InChI=1S/C30H32ClN5O4/c1-17(2)36-26-11-10-22(13-24(26)29(39)35(30(36)40)16-18-6-7-18)33-27(37)19-4-3-5-20(12-19)28(38)34-23-9-8-21(15-32)25(31)14-23/h8-11,13-14,17-20H,3-7,12,16H2,1-2H3,(H,33,37)(H,34,38)/t19-,20+/m0/s1. The molecule has 1 heterocycles. The van der Waals surface area contributed by atoms with E-state index in [2.05, 4.69) is 10.6 Å². The Kier molecular flexibility index (Phi) is 7.81. The summed E-state index contributed by atoms with van der Waals surface area (Å²) >= 11 is 6.09. The highest BCUT2D eigenvalue weighted by Gasteiger charge is 2.32. The van der Waals surface area contributed by atoms with Gasteiger partial charge in [0.25, 0.3) is 5.56 Å². The highest BCUT2D eigenvalue weighted by molar-refractivity contribution is 6.32.